The van der Waals surface area contributed by atoms with Crippen LogP contribution < -0.4 is 15.4 Å². The molecule has 0 saturated carbocycles. The first-order valence-electron chi connectivity index (χ1n) is 23.7. The second-order valence-corrected chi connectivity index (χ2v) is 19.5. The summed E-state index contributed by atoms with van der Waals surface area (Å²) in [6, 6.07) is 12.9. The number of H-pyrrole nitrogens is 1. The Morgan fingerprint density at radius 3 is 2.37 bits per heavy atom. The molecule has 0 aliphatic carbocycles. The Hall–Kier alpha value is -6.00. The van der Waals surface area contributed by atoms with Gasteiger partial charge in [-0.05, 0) is 122 Å². The third kappa shape index (κ3) is 8.97. The zero-order valence-corrected chi connectivity index (χ0v) is 39.7. The van der Waals surface area contributed by atoms with Crippen molar-refractivity contribution < 1.29 is 42.9 Å². The molecule has 3 N–H and O–H groups in total. The molecule has 16 nitrogen and oxygen atoms in total. The van der Waals surface area contributed by atoms with Crippen LogP contribution in [0.15, 0.2) is 53.7 Å². The fourth-order valence-electron chi connectivity index (χ4n) is 11.3. The highest BCUT2D eigenvalue weighted by atomic mass is 16.5. The molecular weight excluding hydrogens is 855 g/mol. The van der Waals surface area contributed by atoms with Crippen LogP contribution in [0.1, 0.15) is 89.7 Å². The average molecular weight is 918 g/mol. The summed E-state index contributed by atoms with van der Waals surface area (Å²) in [4.78, 5) is 70.8. The lowest BCUT2D eigenvalue weighted by Crippen LogP contribution is -2.55. The summed E-state index contributed by atoms with van der Waals surface area (Å²) in [6.07, 6.45) is 4.67. The molecule has 1 aromatic heterocycles. The second-order valence-electron chi connectivity index (χ2n) is 19.5. The number of alkyl carbamates (subject to hydrolysis) is 2. The van der Waals surface area contributed by atoms with E-state index in [0.717, 1.165) is 74.3 Å². The van der Waals surface area contributed by atoms with Crippen LogP contribution in [0.25, 0.3) is 33.2 Å². The number of fused-ring (bicyclic) bond motifs is 6. The van der Waals surface area contributed by atoms with Crippen LogP contribution in [0.2, 0.25) is 0 Å². The van der Waals surface area contributed by atoms with Gasteiger partial charge in [-0.25, -0.2) is 14.6 Å². The highest BCUT2D eigenvalue weighted by Gasteiger charge is 2.45. The summed E-state index contributed by atoms with van der Waals surface area (Å²) in [6.45, 7) is 11.3. The Morgan fingerprint density at radius 2 is 1.64 bits per heavy atom. The highest BCUT2D eigenvalue weighted by molar-refractivity contribution is 6.06. The lowest BCUT2D eigenvalue weighted by atomic mass is 9.85. The van der Waals surface area contributed by atoms with E-state index in [0.29, 0.717) is 51.3 Å². The summed E-state index contributed by atoms with van der Waals surface area (Å²) >= 11 is 0. The van der Waals surface area contributed by atoms with Crippen molar-refractivity contribution in [3.63, 3.8) is 0 Å². The maximum Gasteiger partial charge on any atom is 0.407 e. The van der Waals surface area contributed by atoms with E-state index in [1.54, 1.807) is 7.11 Å². The Kier molecular flexibility index (Phi) is 13.0. The molecule has 6 heterocycles. The van der Waals surface area contributed by atoms with Crippen LogP contribution >= 0.6 is 0 Å². The van der Waals surface area contributed by atoms with Gasteiger partial charge in [0.05, 0.1) is 62.7 Å². The van der Waals surface area contributed by atoms with Gasteiger partial charge in [0.1, 0.15) is 30.3 Å². The van der Waals surface area contributed by atoms with Crippen molar-refractivity contribution in [1.82, 2.24) is 30.4 Å². The third-order valence-corrected chi connectivity index (χ3v) is 14.5. The van der Waals surface area contributed by atoms with Crippen molar-refractivity contribution in [3.8, 4) is 28.1 Å². The first-order chi connectivity index (χ1) is 32.2. The Labute approximate surface area is 391 Å². The number of nitrogens with zero attached hydrogens (tertiary/aromatic N) is 4. The lowest BCUT2D eigenvalue weighted by molar-refractivity contribution is -0.139. The van der Waals surface area contributed by atoms with Crippen LogP contribution in [0, 0.1) is 17.8 Å². The second kappa shape index (κ2) is 18.9. The predicted octanol–water partition coefficient (Wildman–Crippen LogP) is 7.64. The number of hydrogen-bond donors (Lipinski definition) is 3. The number of carbonyl (C=O) groups is 4. The van der Waals surface area contributed by atoms with Gasteiger partial charge in [-0.1, -0.05) is 32.0 Å². The molecule has 0 bridgehead atoms. The zero-order valence-electron chi connectivity index (χ0n) is 39.7. The number of aliphatic imine (C=N–C) groups is 1. The normalized spacial score (nSPS) is 25.1. The molecular formula is C51H63N7O9. The number of aromatic nitrogens is 2. The van der Waals surface area contributed by atoms with Gasteiger partial charge in [-0.3, -0.25) is 14.6 Å². The minimum Gasteiger partial charge on any atom is -0.488 e. The van der Waals surface area contributed by atoms with Crippen LogP contribution in [0.5, 0.6) is 5.75 Å². The number of imidazole rings is 1. The number of nitrogens with one attached hydrogen (secondary N) is 3. The van der Waals surface area contributed by atoms with E-state index in [1.165, 1.54) is 14.2 Å². The predicted molar refractivity (Wildman–Crippen MR) is 252 cm³/mol. The number of likely N-dealkylation sites (tertiary alicyclic amines) is 2. The van der Waals surface area contributed by atoms with Gasteiger partial charge in [0.15, 0.2) is 0 Å². The summed E-state index contributed by atoms with van der Waals surface area (Å²) in [5.41, 5.74) is 7.90. The van der Waals surface area contributed by atoms with Gasteiger partial charge < -0.3 is 49.1 Å². The number of aromatic amines is 1. The molecule has 5 aliphatic heterocycles. The van der Waals surface area contributed by atoms with Crippen molar-refractivity contribution in [2.45, 2.75) is 122 Å². The molecule has 3 saturated heterocycles. The monoisotopic (exact) mass is 917 g/mol. The fraction of sp³-hybridized carbons (Fsp3) is 0.529. The fourth-order valence-corrected chi connectivity index (χ4v) is 11.3. The largest absolute Gasteiger partial charge is 0.488 e. The van der Waals surface area contributed by atoms with E-state index < -0.39 is 24.3 Å². The number of methoxy groups -OCH3 is 3. The molecule has 0 radical (unpaired) electrons. The van der Waals surface area contributed by atoms with Crippen LogP contribution in [-0.4, -0.2) is 120 Å². The van der Waals surface area contributed by atoms with Crippen LogP contribution in [0.3, 0.4) is 0 Å². The average Bonchev–Trinajstić information content (AvgIpc) is 4.14. The number of carbonyl (C=O) groups excluding carboxylic acids is 4. The molecule has 356 valence electrons. The minimum absolute atomic E-state index is 0.00620. The Morgan fingerprint density at radius 1 is 0.881 bits per heavy atom. The SMILES string of the molecule is COC[C@H]1C[C@@H](c2ncc(-c3ccc4c(c3)COc3cc5c6c(ccc5cc3-4)N=C([C@@H]3CC[C@H](C)N3C(=O)[C@@H](NC(=O)OC)C(C)C)C6)[nH]2)N(C(=O)[C@@H](NC(=O)OC)C2C[C@@H](C)O[C@H](C)C2)C1. The van der Waals surface area contributed by atoms with Crippen LogP contribution in [0.4, 0.5) is 15.3 Å². The number of ether oxygens (including phenoxy) is 5. The van der Waals surface area contributed by atoms with Gasteiger partial charge >= 0.3 is 12.2 Å². The molecule has 3 fully saturated rings. The molecule has 9 rings (SSSR count). The molecule has 8 atom stereocenters. The van der Waals surface area contributed by atoms with Crippen molar-refractivity contribution in [3.05, 3.63) is 65.6 Å². The topological polar surface area (TPSA) is 186 Å². The first-order valence-corrected chi connectivity index (χ1v) is 23.7. The molecule has 5 aliphatic rings. The summed E-state index contributed by atoms with van der Waals surface area (Å²) < 4.78 is 27.9. The molecule has 67 heavy (non-hydrogen) atoms. The van der Waals surface area contributed by atoms with Gasteiger partial charge in [0.2, 0.25) is 11.8 Å². The van der Waals surface area contributed by atoms with Crippen LogP contribution in [-0.2, 0) is 41.6 Å². The first kappa shape index (κ1) is 46.1. The molecule has 4 amide bonds. The van der Waals surface area contributed by atoms with Gasteiger partial charge in [-0.15, -0.1) is 0 Å². The summed E-state index contributed by atoms with van der Waals surface area (Å²) in [7, 11) is 4.28. The standard InChI is InChI=1S/C51H63N7O9/c1-26(2)45(55-50(61)64-7)49(60)58-27(3)9-14-42(58)40-20-37-36-21-44-38(19-31(36)11-13-39(37)53-40)35-12-10-32(18-34(35)25-66-44)41-22-52-47(54-41)43-17-30(24-63-6)23-57(43)48(59)46(56-51(62)65-8)33-15-28(4)67-29(5)16-33/h10-13,18-19,21-22,26-30,33,42-43,45-46H,9,14-17,20,23-25H2,1-8H3,(H,52,54)(H,55,61)(H,56,62)/t27-,28+,29+,30-,42-,43-,45-,46-/m0/s1. The number of hydrogen-bond acceptors (Lipinski definition) is 11. The molecule has 0 unspecified atom stereocenters. The number of rotatable bonds is 11. The minimum atomic E-state index is -0.780. The van der Waals surface area contributed by atoms with E-state index in [-0.39, 0.29) is 59.9 Å². The summed E-state index contributed by atoms with van der Waals surface area (Å²) in [5.74, 6) is 1.04. The van der Waals surface area contributed by atoms with Crippen molar-refractivity contribution >= 4 is 46.2 Å². The van der Waals surface area contributed by atoms with E-state index in [1.807, 2.05) is 43.7 Å². The maximum absolute atomic E-state index is 14.6. The highest BCUT2D eigenvalue weighted by Crippen LogP contribution is 2.45. The number of amides is 4. The quantitative estimate of drug-likeness (QED) is 0.135. The van der Waals surface area contributed by atoms with E-state index >= 15 is 0 Å². The van der Waals surface area contributed by atoms with E-state index in [4.69, 9.17) is 33.7 Å². The van der Waals surface area contributed by atoms with E-state index in [9.17, 15) is 19.2 Å². The number of benzene rings is 3. The van der Waals surface area contributed by atoms with Gasteiger partial charge in [-0.2, -0.15) is 0 Å². The Balaban J connectivity index is 0.941. The lowest BCUT2D eigenvalue weighted by Gasteiger charge is -2.38. The molecule has 16 heteroatoms. The third-order valence-electron chi connectivity index (χ3n) is 14.5. The van der Waals surface area contributed by atoms with Crippen molar-refractivity contribution in [1.29, 1.82) is 0 Å². The van der Waals surface area contributed by atoms with E-state index in [2.05, 4.69) is 65.0 Å². The van der Waals surface area contributed by atoms with Gasteiger partial charge in [0.25, 0.3) is 0 Å². The maximum atomic E-state index is 14.6. The molecule has 3 aromatic carbocycles. The molecule has 4 aromatic rings. The summed E-state index contributed by atoms with van der Waals surface area (Å²) in [5, 5.41) is 7.80. The van der Waals surface area contributed by atoms with Crippen molar-refractivity contribution in [2.75, 3.05) is 34.5 Å². The zero-order chi connectivity index (χ0) is 47.3. The van der Waals surface area contributed by atoms with Crippen molar-refractivity contribution in [2.24, 2.45) is 22.7 Å². The molecule has 0 spiro atoms. The Bertz CT molecular complexity index is 2580. The van der Waals surface area contributed by atoms with Gasteiger partial charge in [0, 0.05) is 43.3 Å². The smallest absolute Gasteiger partial charge is 0.407 e.